The highest BCUT2D eigenvalue weighted by Gasteiger charge is 2.27. The molecule has 0 spiro atoms. The van der Waals surface area contributed by atoms with E-state index in [9.17, 15) is 14.0 Å². The maximum absolute atomic E-state index is 13.6. The first kappa shape index (κ1) is 12.5. The van der Waals surface area contributed by atoms with Gasteiger partial charge < -0.3 is 5.32 Å². The quantitative estimate of drug-likeness (QED) is 0.856. The lowest BCUT2D eigenvalue weighted by Crippen LogP contribution is -2.41. The summed E-state index contributed by atoms with van der Waals surface area (Å²) in [5, 5.41) is 6.93. The molecule has 1 aliphatic heterocycles. The van der Waals surface area contributed by atoms with Crippen LogP contribution in [-0.4, -0.2) is 15.7 Å². The summed E-state index contributed by atoms with van der Waals surface area (Å²) in [7, 11) is 0. The molecule has 1 fully saturated rings. The number of benzene rings is 1. The van der Waals surface area contributed by atoms with Crippen molar-refractivity contribution >= 4 is 16.7 Å². The van der Waals surface area contributed by atoms with Crippen molar-refractivity contribution < 1.29 is 9.18 Å². The van der Waals surface area contributed by atoms with Crippen LogP contribution in [0.4, 0.5) is 4.39 Å². The summed E-state index contributed by atoms with van der Waals surface area (Å²) in [5.41, 5.74) is 0.167. The number of hydrogen-bond donors (Lipinski definition) is 1. The number of aromatic nitrogens is 2. The molecule has 2 aromatic rings. The van der Waals surface area contributed by atoms with E-state index in [1.54, 1.807) is 0 Å². The number of carbonyl (C=O) groups is 1. The van der Waals surface area contributed by atoms with Gasteiger partial charge in [-0.1, -0.05) is 12.6 Å². The second-order valence-corrected chi connectivity index (χ2v) is 4.74. The summed E-state index contributed by atoms with van der Waals surface area (Å²) in [6.07, 6.45) is 2.33. The van der Waals surface area contributed by atoms with Crippen molar-refractivity contribution in [1.82, 2.24) is 15.1 Å². The zero-order valence-electron chi connectivity index (χ0n) is 10.6. The van der Waals surface area contributed by atoms with E-state index >= 15 is 0 Å². The second kappa shape index (κ2) is 4.56. The molecule has 0 aliphatic carbocycles. The minimum absolute atomic E-state index is 0.161. The maximum Gasteiger partial charge on any atom is 0.275 e. The topological polar surface area (TPSA) is 64.0 Å². The third-order valence-electron chi connectivity index (χ3n) is 3.42. The Morgan fingerprint density at radius 2 is 2.15 bits per heavy atom. The van der Waals surface area contributed by atoms with Crippen LogP contribution in [0.5, 0.6) is 0 Å². The van der Waals surface area contributed by atoms with E-state index in [4.69, 9.17) is 0 Å². The summed E-state index contributed by atoms with van der Waals surface area (Å²) < 4.78 is 14.7. The molecule has 0 bridgehead atoms. The van der Waals surface area contributed by atoms with E-state index in [0.717, 1.165) is 4.68 Å². The Hall–Kier alpha value is -2.50. The number of piperidine rings is 1. The van der Waals surface area contributed by atoms with Crippen molar-refractivity contribution in [3.63, 3.8) is 0 Å². The number of fused-ring (bicyclic) bond motifs is 1. The largest absolute Gasteiger partial charge is 0.329 e. The summed E-state index contributed by atoms with van der Waals surface area (Å²) in [4.78, 5) is 24.3. The minimum atomic E-state index is -0.680. The van der Waals surface area contributed by atoms with Crippen LogP contribution in [0.25, 0.3) is 10.8 Å². The van der Waals surface area contributed by atoms with Crippen LogP contribution in [0.3, 0.4) is 0 Å². The summed E-state index contributed by atoms with van der Waals surface area (Å²) in [5.74, 6) is -0.813. The van der Waals surface area contributed by atoms with Gasteiger partial charge in [-0.25, -0.2) is 9.07 Å². The Morgan fingerprint density at radius 3 is 2.90 bits per heavy atom. The first-order valence-corrected chi connectivity index (χ1v) is 6.22. The summed E-state index contributed by atoms with van der Waals surface area (Å²) in [6.45, 7) is 3.69. The predicted octanol–water partition coefficient (Wildman–Crippen LogP) is 1.50. The van der Waals surface area contributed by atoms with E-state index in [2.05, 4.69) is 17.0 Å². The van der Waals surface area contributed by atoms with Gasteiger partial charge >= 0.3 is 0 Å². The predicted molar refractivity (Wildman–Crippen MR) is 71.5 cm³/mol. The molecule has 1 aromatic heterocycles. The second-order valence-electron chi connectivity index (χ2n) is 4.74. The molecule has 5 nitrogen and oxygen atoms in total. The lowest BCUT2D eigenvalue weighted by Gasteiger charge is -2.24. The molecule has 0 radical (unpaired) electrons. The van der Waals surface area contributed by atoms with E-state index in [1.807, 2.05) is 0 Å². The van der Waals surface area contributed by atoms with Gasteiger partial charge in [0.15, 0.2) is 0 Å². The number of amides is 1. The highest BCUT2D eigenvalue weighted by molar-refractivity contribution is 5.84. The van der Waals surface area contributed by atoms with Gasteiger partial charge in [0.25, 0.3) is 5.56 Å². The Bertz CT molecular complexity index is 782. The molecular weight excluding hydrogens is 261 g/mol. The van der Waals surface area contributed by atoms with Gasteiger partial charge in [-0.05, 0) is 25.0 Å². The molecule has 1 unspecified atom stereocenters. The fourth-order valence-electron chi connectivity index (χ4n) is 2.37. The van der Waals surface area contributed by atoms with Crippen LogP contribution in [0.15, 0.2) is 41.5 Å². The van der Waals surface area contributed by atoms with Gasteiger partial charge in [-0.15, -0.1) is 0 Å². The smallest absolute Gasteiger partial charge is 0.275 e. The fourth-order valence-corrected chi connectivity index (χ4v) is 2.37. The zero-order chi connectivity index (χ0) is 14.3. The number of halogens is 1. The van der Waals surface area contributed by atoms with Crippen LogP contribution in [-0.2, 0) is 4.79 Å². The number of rotatable bonds is 1. The van der Waals surface area contributed by atoms with E-state index in [1.165, 1.54) is 24.4 Å². The van der Waals surface area contributed by atoms with Crippen molar-refractivity contribution in [1.29, 1.82) is 0 Å². The molecule has 1 atom stereocenters. The van der Waals surface area contributed by atoms with Gasteiger partial charge in [0.1, 0.15) is 11.9 Å². The average molecular weight is 273 g/mol. The summed E-state index contributed by atoms with van der Waals surface area (Å²) >= 11 is 0. The van der Waals surface area contributed by atoms with Crippen molar-refractivity contribution in [2.75, 3.05) is 0 Å². The van der Waals surface area contributed by atoms with Gasteiger partial charge in [0.05, 0.1) is 11.6 Å². The van der Waals surface area contributed by atoms with E-state index < -0.39 is 17.4 Å². The fraction of sp³-hybridized carbons (Fsp3) is 0.214. The van der Waals surface area contributed by atoms with Crippen molar-refractivity contribution in [2.24, 2.45) is 0 Å². The molecule has 2 heterocycles. The van der Waals surface area contributed by atoms with Gasteiger partial charge in [0, 0.05) is 11.1 Å². The van der Waals surface area contributed by atoms with Gasteiger partial charge in [-0.3, -0.25) is 9.59 Å². The normalized spacial score (nSPS) is 19.1. The zero-order valence-corrected chi connectivity index (χ0v) is 10.6. The van der Waals surface area contributed by atoms with Crippen molar-refractivity contribution in [2.45, 2.75) is 18.9 Å². The van der Waals surface area contributed by atoms with Gasteiger partial charge in [-0.2, -0.15) is 5.10 Å². The summed E-state index contributed by atoms with van der Waals surface area (Å²) in [6, 6.07) is 3.58. The molecular formula is C14H12FN3O2. The van der Waals surface area contributed by atoms with Crippen LogP contribution < -0.4 is 10.9 Å². The molecule has 102 valence electrons. The number of hydrogen-bond acceptors (Lipinski definition) is 3. The number of allylic oxidation sites excluding steroid dienone is 1. The van der Waals surface area contributed by atoms with Crippen LogP contribution in [0, 0.1) is 5.82 Å². The van der Waals surface area contributed by atoms with Crippen LogP contribution in [0.1, 0.15) is 18.9 Å². The Morgan fingerprint density at radius 1 is 1.35 bits per heavy atom. The number of carbonyl (C=O) groups excluding carboxylic acids is 1. The molecule has 20 heavy (non-hydrogen) atoms. The monoisotopic (exact) mass is 273 g/mol. The first-order chi connectivity index (χ1) is 9.58. The lowest BCUT2D eigenvalue weighted by molar-refractivity contribution is -0.125. The van der Waals surface area contributed by atoms with E-state index in [-0.39, 0.29) is 16.7 Å². The van der Waals surface area contributed by atoms with Crippen LogP contribution in [0.2, 0.25) is 0 Å². The van der Waals surface area contributed by atoms with Crippen molar-refractivity contribution in [3.8, 4) is 0 Å². The van der Waals surface area contributed by atoms with Crippen LogP contribution >= 0.6 is 0 Å². The molecule has 6 heteroatoms. The SMILES string of the molecule is C=C1CCC(n2ncc3c(F)cccc3c2=O)C(=O)N1. The number of nitrogens with one attached hydrogen (secondary N) is 1. The molecule has 1 aromatic carbocycles. The minimum Gasteiger partial charge on any atom is -0.329 e. The Labute approximate surface area is 113 Å². The number of nitrogens with zero attached hydrogens (tertiary/aromatic N) is 2. The standard InChI is InChI=1S/C14H12FN3O2/c1-8-5-6-12(13(19)17-8)18-14(20)9-3-2-4-11(15)10(9)7-16-18/h2-4,7,12H,1,5-6H2,(H,17,19). The molecule has 0 saturated carbocycles. The first-order valence-electron chi connectivity index (χ1n) is 6.22. The third-order valence-corrected chi connectivity index (χ3v) is 3.42. The van der Waals surface area contributed by atoms with Crippen molar-refractivity contribution in [3.05, 3.63) is 52.8 Å². The highest BCUT2D eigenvalue weighted by atomic mass is 19.1. The molecule has 1 saturated heterocycles. The lowest BCUT2D eigenvalue weighted by atomic mass is 10.0. The molecule has 1 aliphatic rings. The van der Waals surface area contributed by atoms with Gasteiger partial charge in [0.2, 0.25) is 5.91 Å². The molecule has 1 N–H and O–H groups in total. The highest BCUT2D eigenvalue weighted by Crippen LogP contribution is 2.21. The Balaban J connectivity index is 2.14. The third kappa shape index (κ3) is 1.89. The van der Waals surface area contributed by atoms with E-state index in [0.29, 0.717) is 18.5 Å². The maximum atomic E-state index is 13.6. The average Bonchev–Trinajstić information content (AvgIpc) is 2.41. The Kier molecular flexibility index (Phi) is 2.85. The molecule has 3 rings (SSSR count). The molecule has 1 amide bonds.